The largest absolute Gasteiger partial charge is 0.388 e. The molecule has 2 rings (SSSR count). The van der Waals surface area contributed by atoms with E-state index in [0.29, 0.717) is 0 Å². The predicted molar refractivity (Wildman–Crippen MR) is 79.2 cm³/mol. The van der Waals surface area contributed by atoms with Gasteiger partial charge in [0.25, 0.3) is 5.91 Å². The van der Waals surface area contributed by atoms with E-state index in [1.807, 2.05) is 30.3 Å². The van der Waals surface area contributed by atoms with E-state index in [1.165, 1.54) is 4.68 Å². The van der Waals surface area contributed by atoms with Crippen molar-refractivity contribution in [1.82, 2.24) is 20.3 Å². The molecule has 112 valence electrons. The third-order valence-corrected chi connectivity index (χ3v) is 3.70. The number of rotatable bonds is 4. The van der Waals surface area contributed by atoms with Gasteiger partial charge in [-0.2, -0.15) is 0 Å². The van der Waals surface area contributed by atoms with Crippen molar-refractivity contribution >= 4 is 5.91 Å². The molecule has 0 saturated carbocycles. The SMILES string of the molecule is CC(C)(O)C(C)(C)NC(=O)c1cn(-c2ccccc2)nn1. The summed E-state index contributed by atoms with van der Waals surface area (Å²) in [6.07, 6.45) is 1.56. The van der Waals surface area contributed by atoms with Gasteiger partial charge in [-0.05, 0) is 39.8 Å². The average molecular weight is 288 g/mol. The Morgan fingerprint density at radius 2 is 1.81 bits per heavy atom. The molecule has 0 aliphatic heterocycles. The van der Waals surface area contributed by atoms with Crippen molar-refractivity contribution in [3.63, 3.8) is 0 Å². The zero-order valence-corrected chi connectivity index (χ0v) is 12.7. The summed E-state index contributed by atoms with van der Waals surface area (Å²) in [7, 11) is 0. The molecule has 0 fully saturated rings. The second-order valence-corrected chi connectivity index (χ2v) is 6.02. The lowest BCUT2D eigenvalue weighted by molar-refractivity contribution is -0.00302. The fourth-order valence-corrected chi connectivity index (χ4v) is 1.58. The summed E-state index contributed by atoms with van der Waals surface area (Å²) >= 11 is 0. The van der Waals surface area contributed by atoms with Gasteiger partial charge in [-0.25, -0.2) is 4.68 Å². The van der Waals surface area contributed by atoms with Crippen LogP contribution in [0.15, 0.2) is 36.5 Å². The van der Waals surface area contributed by atoms with Gasteiger partial charge >= 0.3 is 0 Å². The summed E-state index contributed by atoms with van der Waals surface area (Å²) in [4.78, 5) is 12.2. The molecule has 6 heteroatoms. The molecule has 2 aromatic rings. The Hall–Kier alpha value is -2.21. The lowest BCUT2D eigenvalue weighted by atomic mass is 9.86. The van der Waals surface area contributed by atoms with E-state index < -0.39 is 11.1 Å². The molecule has 2 N–H and O–H groups in total. The minimum atomic E-state index is -1.06. The number of carbonyl (C=O) groups excluding carboxylic acids is 1. The fourth-order valence-electron chi connectivity index (χ4n) is 1.58. The first-order chi connectivity index (χ1) is 9.71. The summed E-state index contributed by atoms with van der Waals surface area (Å²) in [6, 6.07) is 9.41. The first-order valence-corrected chi connectivity index (χ1v) is 6.73. The third-order valence-electron chi connectivity index (χ3n) is 3.70. The zero-order valence-electron chi connectivity index (χ0n) is 12.7. The monoisotopic (exact) mass is 288 g/mol. The van der Waals surface area contributed by atoms with E-state index in [-0.39, 0.29) is 11.6 Å². The topological polar surface area (TPSA) is 80.0 Å². The highest BCUT2D eigenvalue weighted by molar-refractivity contribution is 5.92. The summed E-state index contributed by atoms with van der Waals surface area (Å²) in [5.41, 5.74) is -0.819. The maximum absolute atomic E-state index is 12.2. The van der Waals surface area contributed by atoms with E-state index in [9.17, 15) is 9.90 Å². The maximum atomic E-state index is 12.2. The first kappa shape index (κ1) is 15.2. The molecule has 0 atom stereocenters. The van der Waals surface area contributed by atoms with E-state index in [4.69, 9.17) is 0 Å². The summed E-state index contributed by atoms with van der Waals surface area (Å²) < 4.78 is 1.53. The molecular formula is C15H20N4O2. The molecule has 0 spiro atoms. The Balaban J connectivity index is 2.17. The van der Waals surface area contributed by atoms with Crippen molar-refractivity contribution in [2.24, 2.45) is 0 Å². The Morgan fingerprint density at radius 1 is 1.19 bits per heavy atom. The van der Waals surface area contributed by atoms with E-state index in [0.717, 1.165) is 5.69 Å². The molecule has 0 unspecified atom stereocenters. The van der Waals surface area contributed by atoms with Gasteiger partial charge in [-0.3, -0.25) is 4.79 Å². The summed E-state index contributed by atoms with van der Waals surface area (Å²) in [5.74, 6) is -0.371. The van der Waals surface area contributed by atoms with Gasteiger partial charge in [0.05, 0.1) is 23.0 Å². The number of aliphatic hydroxyl groups is 1. The molecule has 1 aromatic heterocycles. The van der Waals surface area contributed by atoms with Crippen LogP contribution in [0.2, 0.25) is 0 Å². The smallest absolute Gasteiger partial charge is 0.273 e. The van der Waals surface area contributed by atoms with Crippen molar-refractivity contribution in [3.8, 4) is 5.69 Å². The quantitative estimate of drug-likeness (QED) is 0.894. The van der Waals surface area contributed by atoms with Gasteiger partial charge in [-0.15, -0.1) is 5.10 Å². The number of aromatic nitrogens is 3. The van der Waals surface area contributed by atoms with Crippen LogP contribution in [0, 0.1) is 0 Å². The molecule has 0 saturated heterocycles. The number of nitrogens with zero attached hydrogens (tertiary/aromatic N) is 3. The molecule has 1 heterocycles. The fraction of sp³-hybridized carbons (Fsp3) is 0.400. The predicted octanol–water partition coefficient (Wildman–Crippen LogP) is 1.55. The van der Waals surface area contributed by atoms with Crippen LogP contribution in [-0.4, -0.2) is 37.1 Å². The van der Waals surface area contributed by atoms with Crippen LogP contribution in [0.1, 0.15) is 38.2 Å². The van der Waals surface area contributed by atoms with E-state index >= 15 is 0 Å². The van der Waals surface area contributed by atoms with Crippen LogP contribution >= 0.6 is 0 Å². The number of benzene rings is 1. The average Bonchev–Trinajstić information content (AvgIpc) is 2.87. The molecule has 6 nitrogen and oxygen atoms in total. The summed E-state index contributed by atoms with van der Waals surface area (Å²) in [5, 5.41) is 20.7. The Bertz CT molecular complexity index is 627. The highest BCUT2D eigenvalue weighted by atomic mass is 16.3. The molecular weight excluding hydrogens is 268 g/mol. The number of para-hydroxylation sites is 1. The number of hydrogen-bond donors (Lipinski definition) is 2. The maximum Gasteiger partial charge on any atom is 0.273 e. The highest BCUT2D eigenvalue weighted by Gasteiger charge is 2.37. The van der Waals surface area contributed by atoms with Gasteiger partial charge in [-0.1, -0.05) is 23.4 Å². The molecule has 0 bridgehead atoms. The molecule has 0 aliphatic carbocycles. The summed E-state index contributed by atoms with van der Waals surface area (Å²) in [6.45, 7) is 6.81. The first-order valence-electron chi connectivity index (χ1n) is 6.73. The van der Waals surface area contributed by atoms with Gasteiger partial charge in [0, 0.05) is 0 Å². The van der Waals surface area contributed by atoms with E-state index in [2.05, 4.69) is 15.6 Å². The van der Waals surface area contributed by atoms with Gasteiger partial charge < -0.3 is 10.4 Å². The Kier molecular flexibility index (Phi) is 3.82. The minimum absolute atomic E-state index is 0.205. The van der Waals surface area contributed by atoms with Crippen molar-refractivity contribution in [3.05, 3.63) is 42.2 Å². The second kappa shape index (κ2) is 5.29. The third kappa shape index (κ3) is 3.28. The minimum Gasteiger partial charge on any atom is -0.388 e. The molecule has 0 radical (unpaired) electrons. The van der Waals surface area contributed by atoms with Crippen LogP contribution in [0.4, 0.5) is 0 Å². The van der Waals surface area contributed by atoms with Crippen LogP contribution in [0.25, 0.3) is 5.69 Å². The van der Waals surface area contributed by atoms with Crippen molar-refractivity contribution < 1.29 is 9.90 Å². The number of nitrogens with one attached hydrogen (secondary N) is 1. The van der Waals surface area contributed by atoms with Crippen molar-refractivity contribution in [2.75, 3.05) is 0 Å². The molecule has 1 aromatic carbocycles. The Labute approximate surface area is 123 Å². The molecule has 21 heavy (non-hydrogen) atoms. The molecule has 1 amide bonds. The van der Waals surface area contributed by atoms with Crippen LogP contribution in [0.5, 0.6) is 0 Å². The lowest BCUT2D eigenvalue weighted by Gasteiger charge is -2.37. The second-order valence-electron chi connectivity index (χ2n) is 6.02. The Morgan fingerprint density at radius 3 is 2.38 bits per heavy atom. The zero-order chi connectivity index (χ0) is 15.7. The van der Waals surface area contributed by atoms with Crippen LogP contribution < -0.4 is 5.32 Å². The van der Waals surface area contributed by atoms with Gasteiger partial charge in [0.15, 0.2) is 5.69 Å². The van der Waals surface area contributed by atoms with Gasteiger partial charge in [0.1, 0.15) is 0 Å². The van der Waals surface area contributed by atoms with E-state index in [1.54, 1.807) is 33.9 Å². The standard InChI is InChI=1S/C15H20N4O2/c1-14(2,15(3,4)21)16-13(20)12-10-19(18-17-12)11-8-6-5-7-9-11/h5-10,21H,1-4H3,(H,16,20). The highest BCUT2D eigenvalue weighted by Crippen LogP contribution is 2.20. The number of carbonyl (C=O) groups is 1. The van der Waals surface area contributed by atoms with Crippen LogP contribution in [0.3, 0.4) is 0 Å². The number of hydrogen-bond acceptors (Lipinski definition) is 4. The van der Waals surface area contributed by atoms with Crippen molar-refractivity contribution in [1.29, 1.82) is 0 Å². The van der Waals surface area contributed by atoms with Crippen LogP contribution in [-0.2, 0) is 0 Å². The normalized spacial score (nSPS) is 12.2. The molecule has 0 aliphatic rings. The lowest BCUT2D eigenvalue weighted by Crippen LogP contribution is -2.57. The number of amides is 1. The van der Waals surface area contributed by atoms with Crippen molar-refractivity contribution in [2.45, 2.75) is 38.8 Å². The van der Waals surface area contributed by atoms with Gasteiger partial charge in [0.2, 0.25) is 0 Å².